The van der Waals surface area contributed by atoms with Gasteiger partial charge in [-0.2, -0.15) is 0 Å². The fraction of sp³-hybridized carbons (Fsp3) is 0.333. The summed E-state index contributed by atoms with van der Waals surface area (Å²) < 4.78 is 32.7. The van der Waals surface area contributed by atoms with Crippen LogP contribution >= 0.6 is 0 Å². The van der Waals surface area contributed by atoms with E-state index >= 15 is 0 Å². The lowest BCUT2D eigenvalue weighted by Crippen LogP contribution is -2.10. The Labute approximate surface area is 188 Å². The number of fused-ring (bicyclic) bond motifs is 3. The molecule has 0 bridgehead atoms. The number of aromatic nitrogens is 3. The lowest BCUT2D eigenvalue weighted by atomic mass is 10.1. The Hall–Kier alpha value is -2.97. The summed E-state index contributed by atoms with van der Waals surface area (Å²) >= 11 is 0. The molecule has 168 valence electrons. The number of rotatable bonds is 9. The molecule has 0 aliphatic rings. The van der Waals surface area contributed by atoms with E-state index in [1.807, 2.05) is 37.3 Å². The molecule has 0 saturated carbocycles. The number of nitrogen functional groups attached to an aromatic ring is 1. The molecule has 2 heterocycles. The zero-order valence-electron chi connectivity index (χ0n) is 18.4. The van der Waals surface area contributed by atoms with Gasteiger partial charge in [0.25, 0.3) is 0 Å². The number of methoxy groups -OCH3 is 1. The standard InChI is InChI=1S/C24H28N4O3S/c1-17(31-2)24-27-21-22(19-13-7-8-14-20(19)26-23(21)25)28(24)15-9-4-10-16-32(29,30)18-11-5-3-6-12-18/h3,5-8,11-14,17H,4,9-10,15-16H2,1-2H3,(H2,25,26). The first kappa shape index (κ1) is 22.2. The minimum atomic E-state index is -3.25. The summed E-state index contributed by atoms with van der Waals surface area (Å²) in [6.45, 7) is 2.65. The van der Waals surface area contributed by atoms with E-state index in [2.05, 4.69) is 9.55 Å². The number of unbranched alkanes of at least 4 members (excludes halogenated alkanes) is 2. The van der Waals surface area contributed by atoms with Crippen LogP contribution in [0.1, 0.15) is 38.1 Å². The molecule has 0 amide bonds. The molecule has 4 rings (SSSR count). The number of para-hydroxylation sites is 1. The van der Waals surface area contributed by atoms with Crippen LogP contribution in [0, 0.1) is 0 Å². The van der Waals surface area contributed by atoms with Gasteiger partial charge in [-0.1, -0.05) is 42.8 Å². The molecule has 7 nitrogen and oxygen atoms in total. The maximum absolute atomic E-state index is 12.5. The molecule has 2 N–H and O–H groups in total. The van der Waals surface area contributed by atoms with Crippen LogP contribution in [0.2, 0.25) is 0 Å². The normalized spacial score (nSPS) is 13.1. The van der Waals surface area contributed by atoms with Gasteiger partial charge in [-0.05, 0) is 38.0 Å². The predicted molar refractivity (Wildman–Crippen MR) is 127 cm³/mol. The van der Waals surface area contributed by atoms with E-state index in [1.165, 1.54) is 0 Å². The highest BCUT2D eigenvalue weighted by Gasteiger charge is 2.21. The number of aryl methyl sites for hydroxylation is 1. The molecule has 32 heavy (non-hydrogen) atoms. The summed E-state index contributed by atoms with van der Waals surface area (Å²) in [7, 11) is -1.60. The van der Waals surface area contributed by atoms with Gasteiger partial charge in [0, 0.05) is 19.0 Å². The molecule has 0 fully saturated rings. The summed E-state index contributed by atoms with van der Waals surface area (Å²) in [5.74, 6) is 1.34. The van der Waals surface area contributed by atoms with Crippen molar-refractivity contribution in [2.45, 2.75) is 43.7 Å². The van der Waals surface area contributed by atoms with Crippen LogP contribution in [-0.4, -0.2) is 35.8 Å². The molecule has 8 heteroatoms. The third-order valence-electron chi connectivity index (χ3n) is 5.75. The van der Waals surface area contributed by atoms with Crippen LogP contribution in [0.25, 0.3) is 21.9 Å². The second kappa shape index (κ2) is 9.26. The summed E-state index contributed by atoms with van der Waals surface area (Å²) in [5, 5.41) is 0.991. The van der Waals surface area contributed by atoms with Crippen molar-refractivity contribution in [3.05, 3.63) is 60.4 Å². The zero-order valence-corrected chi connectivity index (χ0v) is 19.2. The highest BCUT2D eigenvalue weighted by atomic mass is 32.2. The van der Waals surface area contributed by atoms with Crippen molar-refractivity contribution in [1.82, 2.24) is 14.5 Å². The van der Waals surface area contributed by atoms with Crippen LogP contribution in [0.5, 0.6) is 0 Å². The van der Waals surface area contributed by atoms with E-state index < -0.39 is 9.84 Å². The first-order chi connectivity index (χ1) is 15.4. The number of pyridine rings is 1. The van der Waals surface area contributed by atoms with Gasteiger partial charge in [-0.25, -0.2) is 18.4 Å². The lowest BCUT2D eigenvalue weighted by Gasteiger charge is -2.14. The number of nitrogens with two attached hydrogens (primary N) is 1. The average molecular weight is 453 g/mol. The zero-order chi connectivity index (χ0) is 22.7. The van der Waals surface area contributed by atoms with E-state index in [0.29, 0.717) is 29.2 Å². The minimum absolute atomic E-state index is 0.142. The molecule has 1 atom stereocenters. The van der Waals surface area contributed by atoms with E-state index in [1.54, 1.807) is 31.4 Å². The molecule has 0 saturated heterocycles. The predicted octanol–water partition coefficient (Wildman–Crippen LogP) is 4.52. The van der Waals surface area contributed by atoms with Gasteiger partial charge >= 0.3 is 0 Å². The maximum atomic E-state index is 12.5. The van der Waals surface area contributed by atoms with E-state index in [-0.39, 0.29) is 11.9 Å². The number of anilines is 1. The van der Waals surface area contributed by atoms with Crippen molar-refractivity contribution < 1.29 is 13.2 Å². The largest absolute Gasteiger partial charge is 0.382 e. The number of sulfone groups is 1. The number of benzene rings is 2. The summed E-state index contributed by atoms with van der Waals surface area (Å²) in [6.07, 6.45) is 1.99. The van der Waals surface area contributed by atoms with Gasteiger partial charge in [-0.3, -0.25) is 0 Å². The maximum Gasteiger partial charge on any atom is 0.178 e. The summed E-state index contributed by atoms with van der Waals surface area (Å²) in [5.41, 5.74) is 8.68. The number of ether oxygens (including phenoxy) is 1. The molecular formula is C24H28N4O3S. The van der Waals surface area contributed by atoms with Crippen molar-refractivity contribution in [1.29, 1.82) is 0 Å². The molecule has 0 spiro atoms. The quantitative estimate of drug-likeness (QED) is 0.375. The van der Waals surface area contributed by atoms with Crippen molar-refractivity contribution in [3.8, 4) is 0 Å². The molecule has 2 aromatic carbocycles. The van der Waals surface area contributed by atoms with E-state index in [4.69, 9.17) is 15.5 Å². The van der Waals surface area contributed by atoms with E-state index in [0.717, 1.165) is 35.1 Å². The molecule has 0 aliphatic carbocycles. The smallest absolute Gasteiger partial charge is 0.178 e. The summed E-state index contributed by atoms with van der Waals surface area (Å²) in [4.78, 5) is 9.65. The van der Waals surface area contributed by atoms with Crippen LogP contribution in [-0.2, 0) is 21.1 Å². The first-order valence-corrected chi connectivity index (χ1v) is 12.4. The molecule has 0 aliphatic heterocycles. The lowest BCUT2D eigenvalue weighted by molar-refractivity contribution is 0.109. The third kappa shape index (κ3) is 4.33. The van der Waals surface area contributed by atoms with Crippen molar-refractivity contribution in [2.24, 2.45) is 0 Å². The van der Waals surface area contributed by atoms with Gasteiger partial charge < -0.3 is 15.0 Å². The van der Waals surface area contributed by atoms with Gasteiger partial charge in [0.15, 0.2) is 15.7 Å². The molecule has 2 aromatic heterocycles. The molecule has 0 radical (unpaired) electrons. The second-order valence-corrected chi connectivity index (χ2v) is 10.0. The van der Waals surface area contributed by atoms with Crippen molar-refractivity contribution in [3.63, 3.8) is 0 Å². The highest BCUT2D eigenvalue weighted by Crippen LogP contribution is 2.31. The van der Waals surface area contributed by atoms with Gasteiger partial charge in [-0.15, -0.1) is 0 Å². The molecule has 4 aromatic rings. The highest BCUT2D eigenvalue weighted by molar-refractivity contribution is 7.91. The second-order valence-electron chi connectivity index (χ2n) is 7.90. The topological polar surface area (TPSA) is 100 Å². The first-order valence-electron chi connectivity index (χ1n) is 10.8. The van der Waals surface area contributed by atoms with Gasteiger partial charge in [0.2, 0.25) is 0 Å². The Morgan fingerprint density at radius 3 is 2.47 bits per heavy atom. The Morgan fingerprint density at radius 2 is 1.72 bits per heavy atom. The monoisotopic (exact) mass is 452 g/mol. The fourth-order valence-electron chi connectivity index (χ4n) is 4.00. The number of hydrogen-bond donors (Lipinski definition) is 1. The fourth-order valence-corrected chi connectivity index (χ4v) is 5.39. The molecule has 1 unspecified atom stereocenters. The summed E-state index contributed by atoms with van der Waals surface area (Å²) in [6, 6.07) is 16.5. The minimum Gasteiger partial charge on any atom is -0.382 e. The average Bonchev–Trinajstić information content (AvgIpc) is 3.19. The number of nitrogens with zero attached hydrogens (tertiary/aromatic N) is 3. The molecular weight excluding hydrogens is 424 g/mol. The van der Waals surface area contributed by atoms with Crippen molar-refractivity contribution in [2.75, 3.05) is 18.6 Å². The van der Waals surface area contributed by atoms with Crippen molar-refractivity contribution >= 4 is 37.6 Å². The Morgan fingerprint density at radius 1 is 1.00 bits per heavy atom. The number of hydrogen-bond acceptors (Lipinski definition) is 6. The van der Waals surface area contributed by atoms with Crippen LogP contribution < -0.4 is 5.73 Å². The Balaban J connectivity index is 1.56. The number of imidazole rings is 1. The van der Waals surface area contributed by atoms with Gasteiger partial charge in [0.1, 0.15) is 17.4 Å². The Kier molecular flexibility index (Phi) is 6.43. The van der Waals surface area contributed by atoms with E-state index in [9.17, 15) is 8.42 Å². The van der Waals surface area contributed by atoms with Crippen LogP contribution in [0.15, 0.2) is 59.5 Å². The SMILES string of the molecule is COC(C)c1nc2c(N)nc3ccccc3c2n1CCCCCS(=O)(=O)c1ccccc1. The third-order valence-corrected chi connectivity index (χ3v) is 7.57. The van der Waals surface area contributed by atoms with Crippen LogP contribution in [0.4, 0.5) is 5.82 Å². The van der Waals surface area contributed by atoms with Crippen LogP contribution in [0.3, 0.4) is 0 Å². The Bertz CT molecular complexity index is 1330. The van der Waals surface area contributed by atoms with Gasteiger partial charge in [0.05, 0.1) is 21.7 Å².